The summed E-state index contributed by atoms with van der Waals surface area (Å²) in [5, 5.41) is 3.70. The Bertz CT molecular complexity index is 2110. The van der Waals surface area contributed by atoms with Gasteiger partial charge < -0.3 is 14.9 Å². The van der Waals surface area contributed by atoms with Crippen molar-refractivity contribution in [1.82, 2.24) is 9.13 Å². The van der Waals surface area contributed by atoms with Crippen LogP contribution in [0.25, 0.3) is 55.7 Å². The highest BCUT2D eigenvalue weighted by Gasteiger charge is 2.27. The van der Waals surface area contributed by atoms with Crippen LogP contribution in [0, 0.1) is 0 Å². The van der Waals surface area contributed by atoms with Crippen molar-refractivity contribution in [2.24, 2.45) is 5.73 Å². The molecule has 0 saturated carbocycles. The Hall–Kier alpha value is -5.28. The molecule has 3 nitrogen and oxygen atoms in total. The van der Waals surface area contributed by atoms with Gasteiger partial charge in [-0.05, 0) is 42.0 Å². The molecule has 2 N–H and O–H groups in total. The maximum Gasteiger partial charge on any atom is 0.0641 e. The molecule has 40 heavy (non-hydrogen) atoms. The van der Waals surface area contributed by atoms with Crippen molar-refractivity contribution in [3.8, 4) is 11.4 Å². The number of aromatic nitrogens is 2. The van der Waals surface area contributed by atoms with Gasteiger partial charge in [0.05, 0.1) is 22.2 Å². The molecule has 0 amide bonds. The van der Waals surface area contributed by atoms with Gasteiger partial charge in [-0.25, -0.2) is 0 Å². The molecule has 0 fully saturated rings. The third kappa shape index (κ3) is 3.25. The SMILES string of the molecule is NC1=C(c2ccccc2)c2c(c3ccc4c(c5ccccc5n4-c4ccccc4)c3n2-c2ccccc2)C=CC1. The Morgan fingerprint density at radius 2 is 1.18 bits per heavy atom. The van der Waals surface area contributed by atoms with Crippen LogP contribution in [-0.2, 0) is 0 Å². The molecule has 0 unspecified atom stereocenters. The fourth-order valence-electron chi connectivity index (χ4n) is 6.44. The quantitative estimate of drug-likeness (QED) is 0.252. The number of nitrogens with two attached hydrogens (primary N) is 1. The van der Waals surface area contributed by atoms with Gasteiger partial charge in [0, 0.05) is 50.8 Å². The zero-order chi connectivity index (χ0) is 26.6. The van der Waals surface area contributed by atoms with Gasteiger partial charge in [0.15, 0.2) is 0 Å². The molecule has 7 aromatic rings. The molecule has 2 heterocycles. The molecule has 0 spiro atoms. The van der Waals surface area contributed by atoms with Crippen LogP contribution in [0.5, 0.6) is 0 Å². The van der Waals surface area contributed by atoms with Gasteiger partial charge in [0.1, 0.15) is 0 Å². The third-order valence-electron chi connectivity index (χ3n) is 8.08. The zero-order valence-electron chi connectivity index (χ0n) is 22.0. The average Bonchev–Trinajstić information content (AvgIpc) is 3.45. The van der Waals surface area contributed by atoms with Crippen LogP contribution < -0.4 is 5.73 Å². The van der Waals surface area contributed by atoms with Crippen molar-refractivity contribution in [3.05, 3.63) is 156 Å². The number of para-hydroxylation sites is 3. The van der Waals surface area contributed by atoms with Crippen molar-refractivity contribution in [3.63, 3.8) is 0 Å². The number of allylic oxidation sites excluding steroid dienone is 1. The minimum atomic E-state index is 0.713. The number of fused-ring (bicyclic) bond motifs is 7. The molecule has 0 saturated heterocycles. The van der Waals surface area contributed by atoms with E-state index in [9.17, 15) is 0 Å². The van der Waals surface area contributed by atoms with E-state index in [1.165, 1.54) is 38.3 Å². The number of benzene rings is 5. The third-order valence-corrected chi connectivity index (χ3v) is 8.08. The molecule has 3 heteroatoms. The van der Waals surface area contributed by atoms with E-state index in [2.05, 4.69) is 149 Å². The van der Waals surface area contributed by atoms with Gasteiger partial charge in [-0.3, -0.25) is 0 Å². The summed E-state index contributed by atoms with van der Waals surface area (Å²) >= 11 is 0. The van der Waals surface area contributed by atoms with Crippen molar-refractivity contribution >= 4 is 44.4 Å². The van der Waals surface area contributed by atoms with Gasteiger partial charge in [0.2, 0.25) is 0 Å². The number of hydrogen-bond donors (Lipinski definition) is 1. The number of rotatable bonds is 3. The molecule has 0 aliphatic heterocycles. The smallest absolute Gasteiger partial charge is 0.0641 e. The van der Waals surface area contributed by atoms with E-state index in [0.29, 0.717) is 6.42 Å². The number of nitrogens with zero attached hydrogens (tertiary/aromatic N) is 2. The highest BCUT2D eigenvalue weighted by molar-refractivity contribution is 6.23. The first-order valence-electron chi connectivity index (χ1n) is 13.7. The van der Waals surface area contributed by atoms with E-state index >= 15 is 0 Å². The first-order valence-corrected chi connectivity index (χ1v) is 13.7. The van der Waals surface area contributed by atoms with Crippen molar-refractivity contribution in [2.75, 3.05) is 0 Å². The Morgan fingerprint density at radius 1 is 0.550 bits per heavy atom. The lowest BCUT2D eigenvalue weighted by molar-refractivity contribution is 1.08. The molecular weight excluding hydrogens is 486 g/mol. The normalized spacial score (nSPS) is 13.3. The zero-order valence-corrected chi connectivity index (χ0v) is 22.0. The van der Waals surface area contributed by atoms with E-state index in [1.807, 2.05) is 0 Å². The maximum absolute atomic E-state index is 6.89. The van der Waals surface area contributed by atoms with Crippen LogP contribution in [-0.4, -0.2) is 9.13 Å². The summed E-state index contributed by atoms with van der Waals surface area (Å²) in [5.74, 6) is 0. The number of hydrogen-bond acceptors (Lipinski definition) is 1. The van der Waals surface area contributed by atoms with Crippen LogP contribution in [0.2, 0.25) is 0 Å². The summed E-state index contributed by atoms with van der Waals surface area (Å²) in [7, 11) is 0. The molecule has 2 aromatic heterocycles. The fourth-order valence-corrected chi connectivity index (χ4v) is 6.44. The minimum Gasteiger partial charge on any atom is -0.401 e. The highest BCUT2D eigenvalue weighted by atomic mass is 15.0. The summed E-state index contributed by atoms with van der Waals surface area (Å²) in [6, 6.07) is 45.2. The second-order valence-corrected chi connectivity index (χ2v) is 10.3. The van der Waals surface area contributed by atoms with Crippen molar-refractivity contribution in [2.45, 2.75) is 6.42 Å². The maximum atomic E-state index is 6.89. The van der Waals surface area contributed by atoms with E-state index in [1.54, 1.807) is 0 Å². The first kappa shape index (κ1) is 22.7. The predicted molar refractivity (Wildman–Crippen MR) is 168 cm³/mol. The largest absolute Gasteiger partial charge is 0.401 e. The summed E-state index contributed by atoms with van der Waals surface area (Å²) in [5.41, 5.74) is 18.2. The molecular formula is C37H27N3. The molecule has 8 rings (SSSR count). The van der Waals surface area contributed by atoms with E-state index < -0.39 is 0 Å². The molecule has 5 aromatic carbocycles. The lowest BCUT2D eigenvalue weighted by Gasteiger charge is -2.17. The summed E-state index contributed by atoms with van der Waals surface area (Å²) in [6.45, 7) is 0. The summed E-state index contributed by atoms with van der Waals surface area (Å²) in [6.07, 6.45) is 5.18. The summed E-state index contributed by atoms with van der Waals surface area (Å²) < 4.78 is 4.83. The van der Waals surface area contributed by atoms with Crippen LogP contribution in [0.3, 0.4) is 0 Å². The molecule has 1 aliphatic rings. The molecule has 0 atom stereocenters. The monoisotopic (exact) mass is 513 g/mol. The van der Waals surface area contributed by atoms with Crippen molar-refractivity contribution in [1.29, 1.82) is 0 Å². The second kappa shape index (κ2) is 8.89. The van der Waals surface area contributed by atoms with Gasteiger partial charge in [-0.2, -0.15) is 0 Å². The Balaban J connectivity index is 1.62. The summed E-state index contributed by atoms with van der Waals surface area (Å²) in [4.78, 5) is 0. The lowest BCUT2D eigenvalue weighted by Crippen LogP contribution is -2.07. The molecule has 190 valence electrons. The van der Waals surface area contributed by atoms with Crippen LogP contribution in [0.15, 0.2) is 139 Å². The van der Waals surface area contributed by atoms with Crippen molar-refractivity contribution < 1.29 is 0 Å². The van der Waals surface area contributed by atoms with Crippen LogP contribution >= 0.6 is 0 Å². The molecule has 1 aliphatic carbocycles. The Kier molecular flexibility index (Phi) is 5.04. The Labute approximate surface area is 232 Å². The fraction of sp³-hybridized carbons (Fsp3) is 0.0270. The van der Waals surface area contributed by atoms with Gasteiger partial charge >= 0.3 is 0 Å². The standard InChI is InChI=1S/C37H27N3/c38-31-21-12-20-28-29-23-24-33-35(30-19-10-11-22-32(30)39(33)26-15-6-2-7-16-26)37(29)40(27-17-8-3-9-18-27)36(28)34(31)25-13-4-1-5-14-25/h1-20,22-24H,21,38H2. The van der Waals surface area contributed by atoms with Gasteiger partial charge in [-0.1, -0.05) is 103 Å². The molecule has 0 bridgehead atoms. The van der Waals surface area contributed by atoms with E-state index in [0.717, 1.165) is 33.9 Å². The predicted octanol–water partition coefficient (Wildman–Crippen LogP) is 8.86. The van der Waals surface area contributed by atoms with Crippen LogP contribution in [0.4, 0.5) is 0 Å². The van der Waals surface area contributed by atoms with Gasteiger partial charge in [0.25, 0.3) is 0 Å². The van der Waals surface area contributed by atoms with Gasteiger partial charge in [-0.15, -0.1) is 0 Å². The van der Waals surface area contributed by atoms with Crippen LogP contribution in [0.1, 0.15) is 23.2 Å². The topological polar surface area (TPSA) is 35.9 Å². The van der Waals surface area contributed by atoms with E-state index in [-0.39, 0.29) is 0 Å². The lowest BCUT2D eigenvalue weighted by atomic mass is 9.97. The minimum absolute atomic E-state index is 0.713. The average molecular weight is 514 g/mol. The van der Waals surface area contributed by atoms with E-state index in [4.69, 9.17) is 5.73 Å². The first-order chi connectivity index (χ1) is 19.8. The highest BCUT2D eigenvalue weighted by Crippen LogP contribution is 2.45. The second-order valence-electron chi connectivity index (χ2n) is 10.3. The molecule has 0 radical (unpaired) electrons. The Morgan fingerprint density at radius 3 is 1.90 bits per heavy atom.